The average Bonchev–Trinajstić information content (AvgIpc) is 2.51. The number of nitrogens with one attached hydrogen (secondary N) is 2. The summed E-state index contributed by atoms with van der Waals surface area (Å²) in [5, 5.41) is 5.25. The van der Waals surface area contributed by atoms with Crippen LogP contribution in [0.1, 0.15) is 39.0 Å². The fraction of sp³-hybridized carbons (Fsp3) is 0.529. The third-order valence-electron chi connectivity index (χ3n) is 3.41. The number of rotatable bonds is 8. The van der Waals surface area contributed by atoms with Crippen LogP contribution in [0.2, 0.25) is 0 Å². The molecule has 1 rings (SSSR count). The van der Waals surface area contributed by atoms with E-state index in [9.17, 15) is 9.59 Å². The topological polar surface area (TPSA) is 61.4 Å². The Morgan fingerprint density at radius 2 is 1.59 bits per heavy atom. The van der Waals surface area contributed by atoms with Crippen LogP contribution in [0.3, 0.4) is 0 Å². The number of benzene rings is 1. The predicted molar refractivity (Wildman–Crippen MR) is 91.2 cm³/mol. The molecule has 0 spiro atoms. The number of carbonyl (C=O) groups excluding carboxylic acids is 2. The van der Waals surface area contributed by atoms with Crippen LogP contribution in [0, 0.1) is 0 Å². The molecule has 0 atom stereocenters. The van der Waals surface area contributed by atoms with Crippen LogP contribution in [0.15, 0.2) is 24.3 Å². The van der Waals surface area contributed by atoms with Gasteiger partial charge in [-0.25, -0.2) is 0 Å². The third kappa shape index (κ3) is 6.61. The molecule has 1 aromatic carbocycles. The van der Waals surface area contributed by atoms with E-state index in [0.717, 1.165) is 18.5 Å². The van der Waals surface area contributed by atoms with Crippen molar-refractivity contribution in [3.63, 3.8) is 0 Å². The fourth-order valence-corrected chi connectivity index (χ4v) is 2.04. The molecule has 2 amide bonds. The lowest BCUT2D eigenvalue weighted by atomic mass is 10.1. The monoisotopic (exact) mass is 305 g/mol. The molecule has 0 radical (unpaired) electrons. The summed E-state index contributed by atoms with van der Waals surface area (Å²) < 4.78 is 0. The number of carbonyl (C=O) groups is 2. The van der Waals surface area contributed by atoms with Gasteiger partial charge in [-0.15, -0.1) is 0 Å². The van der Waals surface area contributed by atoms with Gasteiger partial charge in [0.05, 0.1) is 0 Å². The quantitative estimate of drug-likeness (QED) is 0.573. The molecule has 0 saturated carbocycles. The van der Waals surface area contributed by atoms with Crippen molar-refractivity contribution >= 4 is 23.2 Å². The maximum atomic E-state index is 11.8. The molecule has 1 aromatic rings. The Kier molecular flexibility index (Phi) is 8.04. The van der Waals surface area contributed by atoms with Gasteiger partial charge in [0.15, 0.2) is 0 Å². The van der Waals surface area contributed by atoms with E-state index in [4.69, 9.17) is 0 Å². The molecule has 0 unspecified atom stereocenters. The molecule has 0 bridgehead atoms. The van der Waals surface area contributed by atoms with E-state index in [-0.39, 0.29) is 0 Å². The minimum atomic E-state index is -0.619. The summed E-state index contributed by atoms with van der Waals surface area (Å²) in [6, 6.07) is 7.35. The van der Waals surface area contributed by atoms with Gasteiger partial charge in [-0.3, -0.25) is 9.59 Å². The minimum Gasteiger partial charge on any atom is -0.378 e. The zero-order chi connectivity index (χ0) is 16.4. The SMILES string of the molecule is CCCCCCCNC(=O)C(=O)Nc1ccc(N(C)C)cc1. The first-order valence-electron chi connectivity index (χ1n) is 7.91. The van der Waals surface area contributed by atoms with Crippen molar-refractivity contribution in [1.29, 1.82) is 0 Å². The van der Waals surface area contributed by atoms with Crippen molar-refractivity contribution < 1.29 is 9.59 Å². The second-order valence-electron chi connectivity index (χ2n) is 5.57. The Balaban J connectivity index is 2.30. The third-order valence-corrected chi connectivity index (χ3v) is 3.41. The van der Waals surface area contributed by atoms with Crippen molar-refractivity contribution in [3.05, 3.63) is 24.3 Å². The van der Waals surface area contributed by atoms with Crippen LogP contribution in [0.25, 0.3) is 0 Å². The van der Waals surface area contributed by atoms with E-state index in [0.29, 0.717) is 12.2 Å². The molecule has 0 aliphatic carbocycles. The van der Waals surface area contributed by atoms with Crippen molar-refractivity contribution in [2.24, 2.45) is 0 Å². The van der Waals surface area contributed by atoms with E-state index in [1.54, 1.807) is 12.1 Å². The van der Waals surface area contributed by atoms with Crippen molar-refractivity contribution in [3.8, 4) is 0 Å². The molecule has 0 aliphatic heterocycles. The molecule has 0 heterocycles. The second kappa shape index (κ2) is 9.82. The highest BCUT2D eigenvalue weighted by Gasteiger charge is 2.12. The first-order valence-corrected chi connectivity index (χ1v) is 7.91. The summed E-state index contributed by atoms with van der Waals surface area (Å²) in [6.07, 6.45) is 5.59. The maximum Gasteiger partial charge on any atom is 0.313 e. The molecular formula is C17H27N3O2. The standard InChI is InChI=1S/C17H27N3O2/c1-4-5-6-7-8-13-18-16(21)17(22)19-14-9-11-15(12-10-14)20(2)3/h9-12H,4-8,13H2,1-3H3,(H,18,21)(H,19,22). The van der Waals surface area contributed by atoms with Crippen molar-refractivity contribution in [1.82, 2.24) is 5.32 Å². The molecule has 0 aromatic heterocycles. The minimum absolute atomic E-state index is 0.551. The normalized spacial score (nSPS) is 10.1. The van der Waals surface area contributed by atoms with Crippen LogP contribution in [-0.2, 0) is 9.59 Å². The van der Waals surface area contributed by atoms with E-state index in [1.165, 1.54) is 19.3 Å². The van der Waals surface area contributed by atoms with Gasteiger partial charge in [0.2, 0.25) is 0 Å². The smallest absolute Gasteiger partial charge is 0.313 e. The number of amides is 2. The molecule has 0 aliphatic rings. The highest BCUT2D eigenvalue weighted by molar-refractivity contribution is 6.39. The molecular weight excluding hydrogens is 278 g/mol. The van der Waals surface area contributed by atoms with Gasteiger partial charge in [0, 0.05) is 32.0 Å². The highest BCUT2D eigenvalue weighted by Crippen LogP contribution is 2.15. The molecule has 5 nitrogen and oxygen atoms in total. The van der Waals surface area contributed by atoms with Gasteiger partial charge in [-0.1, -0.05) is 32.6 Å². The predicted octanol–water partition coefficient (Wildman–Crippen LogP) is 2.78. The lowest BCUT2D eigenvalue weighted by Crippen LogP contribution is -2.35. The van der Waals surface area contributed by atoms with E-state index in [2.05, 4.69) is 17.6 Å². The van der Waals surface area contributed by atoms with Gasteiger partial charge in [0.1, 0.15) is 0 Å². The lowest BCUT2D eigenvalue weighted by molar-refractivity contribution is -0.136. The number of nitrogens with zero attached hydrogens (tertiary/aromatic N) is 1. The molecule has 22 heavy (non-hydrogen) atoms. The van der Waals surface area contributed by atoms with Gasteiger partial charge < -0.3 is 15.5 Å². The van der Waals surface area contributed by atoms with Crippen LogP contribution < -0.4 is 15.5 Å². The van der Waals surface area contributed by atoms with Gasteiger partial charge in [0.25, 0.3) is 0 Å². The zero-order valence-corrected chi connectivity index (χ0v) is 13.8. The summed E-state index contributed by atoms with van der Waals surface area (Å²) in [5.41, 5.74) is 1.66. The first-order chi connectivity index (χ1) is 10.5. The highest BCUT2D eigenvalue weighted by atomic mass is 16.2. The Morgan fingerprint density at radius 3 is 2.18 bits per heavy atom. The fourth-order valence-electron chi connectivity index (χ4n) is 2.04. The molecule has 0 saturated heterocycles. The molecule has 5 heteroatoms. The summed E-state index contributed by atoms with van der Waals surface area (Å²) in [7, 11) is 3.89. The number of hydrogen-bond donors (Lipinski definition) is 2. The zero-order valence-electron chi connectivity index (χ0n) is 13.8. The van der Waals surface area contributed by atoms with Crippen molar-refractivity contribution in [2.45, 2.75) is 39.0 Å². The average molecular weight is 305 g/mol. The van der Waals surface area contributed by atoms with Crippen molar-refractivity contribution in [2.75, 3.05) is 30.9 Å². The van der Waals surface area contributed by atoms with Crippen LogP contribution in [0.4, 0.5) is 11.4 Å². The summed E-state index contributed by atoms with van der Waals surface area (Å²) in [6.45, 7) is 2.72. The summed E-state index contributed by atoms with van der Waals surface area (Å²) >= 11 is 0. The van der Waals surface area contributed by atoms with Crippen LogP contribution in [-0.4, -0.2) is 32.5 Å². The second-order valence-corrected chi connectivity index (χ2v) is 5.57. The number of anilines is 2. The summed E-state index contributed by atoms with van der Waals surface area (Å²) in [4.78, 5) is 25.4. The Bertz CT molecular complexity index is 469. The maximum absolute atomic E-state index is 11.8. The Labute approximate surface area is 133 Å². The molecule has 0 fully saturated rings. The largest absolute Gasteiger partial charge is 0.378 e. The van der Waals surface area contributed by atoms with Gasteiger partial charge in [-0.2, -0.15) is 0 Å². The lowest BCUT2D eigenvalue weighted by Gasteiger charge is -2.13. The van der Waals surface area contributed by atoms with E-state index in [1.807, 2.05) is 31.1 Å². The van der Waals surface area contributed by atoms with E-state index >= 15 is 0 Å². The Morgan fingerprint density at radius 1 is 0.955 bits per heavy atom. The Hall–Kier alpha value is -2.04. The van der Waals surface area contributed by atoms with Crippen LogP contribution >= 0.6 is 0 Å². The number of hydrogen-bond acceptors (Lipinski definition) is 3. The van der Waals surface area contributed by atoms with E-state index < -0.39 is 11.8 Å². The first kappa shape index (κ1) is 18.0. The summed E-state index contributed by atoms with van der Waals surface area (Å²) in [5.74, 6) is -1.20. The molecule has 122 valence electrons. The molecule has 2 N–H and O–H groups in total. The van der Waals surface area contributed by atoms with Gasteiger partial charge in [-0.05, 0) is 30.7 Å². The van der Waals surface area contributed by atoms with Crippen LogP contribution in [0.5, 0.6) is 0 Å². The number of unbranched alkanes of at least 4 members (excludes halogenated alkanes) is 4. The van der Waals surface area contributed by atoms with Gasteiger partial charge >= 0.3 is 11.8 Å².